The highest BCUT2D eigenvalue weighted by Crippen LogP contribution is 2.38. The monoisotopic (exact) mass is 395 g/mol. The molecule has 0 radical (unpaired) electrons. The third-order valence-electron chi connectivity index (χ3n) is 7.02. The molecule has 6 heteroatoms. The number of hydrogen-bond acceptors (Lipinski definition) is 3. The largest absolute Gasteiger partial charge is 0.383 e. The van der Waals surface area contributed by atoms with Gasteiger partial charge in [0.2, 0.25) is 5.91 Å². The van der Waals surface area contributed by atoms with E-state index in [4.69, 9.17) is 4.74 Å². The summed E-state index contributed by atoms with van der Waals surface area (Å²) in [4.78, 5) is 30.1. The number of hydrogen-bond donors (Lipinski definition) is 0. The first kappa shape index (κ1) is 18.7. The molecule has 3 aliphatic heterocycles. The molecule has 1 aromatic carbocycles. The van der Waals surface area contributed by atoms with Gasteiger partial charge in [0.05, 0.1) is 6.61 Å². The van der Waals surface area contributed by atoms with Gasteiger partial charge in [-0.3, -0.25) is 9.59 Å². The summed E-state index contributed by atoms with van der Waals surface area (Å²) in [6.45, 7) is 3.56. The molecule has 5 rings (SSSR count). The summed E-state index contributed by atoms with van der Waals surface area (Å²) in [7, 11) is 1.69. The van der Waals surface area contributed by atoms with Crippen molar-refractivity contribution in [3.05, 3.63) is 36.0 Å². The molecule has 3 atom stereocenters. The molecule has 1 aromatic heterocycles. The SMILES string of the molecule is COCCn1c(C(=O)N2C[C@H]3C[C@@H](C2)[C@@H]2CCCC(=O)N2C3)cc2ccccc21. The van der Waals surface area contributed by atoms with Crippen molar-refractivity contribution in [1.29, 1.82) is 0 Å². The fourth-order valence-corrected chi connectivity index (χ4v) is 5.75. The van der Waals surface area contributed by atoms with Crippen molar-refractivity contribution < 1.29 is 14.3 Å². The highest BCUT2D eigenvalue weighted by atomic mass is 16.5. The topological polar surface area (TPSA) is 54.8 Å². The van der Waals surface area contributed by atoms with E-state index in [-0.39, 0.29) is 5.91 Å². The zero-order valence-electron chi connectivity index (χ0n) is 17.0. The Kier molecular flexibility index (Phi) is 4.82. The molecule has 0 spiro atoms. The maximum absolute atomic E-state index is 13.6. The molecule has 4 heterocycles. The molecule has 3 saturated heterocycles. The number of methoxy groups -OCH3 is 1. The average Bonchev–Trinajstić information content (AvgIpc) is 3.11. The van der Waals surface area contributed by atoms with Crippen LogP contribution < -0.4 is 0 Å². The molecule has 2 aromatic rings. The van der Waals surface area contributed by atoms with Crippen molar-refractivity contribution in [3.8, 4) is 0 Å². The first-order valence-corrected chi connectivity index (χ1v) is 10.8. The van der Waals surface area contributed by atoms with E-state index in [1.54, 1.807) is 7.11 Å². The van der Waals surface area contributed by atoms with Crippen LogP contribution in [0.3, 0.4) is 0 Å². The lowest BCUT2D eigenvalue weighted by atomic mass is 9.76. The van der Waals surface area contributed by atoms with Crippen LogP contribution in [0.4, 0.5) is 0 Å². The van der Waals surface area contributed by atoms with Crippen molar-refractivity contribution in [1.82, 2.24) is 14.4 Å². The summed E-state index contributed by atoms with van der Waals surface area (Å²) >= 11 is 0. The number of amides is 2. The lowest BCUT2D eigenvalue weighted by molar-refractivity contribution is -0.144. The number of carbonyl (C=O) groups is 2. The standard InChI is InChI=1S/C23H29N3O3/c1-29-10-9-25-19-6-3-2-5-17(19)12-21(25)23(28)24-13-16-11-18(15-24)20-7-4-8-22(27)26(20)14-16/h2-3,5-6,12,16,18,20H,4,7-11,13-15H2,1H3/t16-,18+,20+/m1/s1. The second-order valence-corrected chi connectivity index (χ2v) is 8.81. The smallest absolute Gasteiger partial charge is 0.270 e. The van der Waals surface area contributed by atoms with Gasteiger partial charge in [-0.1, -0.05) is 18.2 Å². The van der Waals surface area contributed by atoms with Gasteiger partial charge in [-0.05, 0) is 43.2 Å². The van der Waals surface area contributed by atoms with E-state index in [2.05, 4.69) is 21.6 Å². The highest BCUT2D eigenvalue weighted by Gasteiger charge is 2.45. The van der Waals surface area contributed by atoms with E-state index in [9.17, 15) is 9.59 Å². The molecule has 29 heavy (non-hydrogen) atoms. The summed E-state index contributed by atoms with van der Waals surface area (Å²) < 4.78 is 7.39. The van der Waals surface area contributed by atoms with Gasteiger partial charge in [-0.2, -0.15) is 0 Å². The molecular weight excluding hydrogens is 366 g/mol. The number of ether oxygens (including phenoxy) is 1. The van der Waals surface area contributed by atoms with Gasteiger partial charge in [0.1, 0.15) is 5.69 Å². The third-order valence-corrected chi connectivity index (χ3v) is 7.02. The highest BCUT2D eigenvalue weighted by molar-refractivity contribution is 5.99. The van der Waals surface area contributed by atoms with Crippen molar-refractivity contribution >= 4 is 22.7 Å². The van der Waals surface area contributed by atoms with E-state index in [0.29, 0.717) is 43.4 Å². The number of para-hydroxylation sites is 1. The zero-order chi connectivity index (χ0) is 20.0. The number of fused-ring (bicyclic) bond motifs is 5. The molecular formula is C23H29N3O3. The lowest BCUT2D eigenvalue weighted by Gasteiger charge is -2.52. The minimum Gasteiger partial charge on any atom is -0.383 e. The van der Waals surface area contributed by atoms with Crippen molar-refractivity contribution in [2.75, 3.05) is 33.4 Å². The van der Waals surface area contributed by atoms with Crippen LogP contribution in [0.2, 0.25) is 0 Å². The van der Waals surface area contributed by atoms with Crippen molar-refractivity contribution in [2.24, 2.45) is 11.8 Å². The lowest BCUT2D eigenvalue weighted by Crippen LogP contribution is -2.61. The van der Waals surface area contributed by atoms with E-state index >= 15 is 0 Å². The van der Waals surface area contributed by atoms with Crippen LogP contribution in [-0.2, 0) is 16.1 Å². The molecule has 0 aliphatic carbocycles. The number of nitrogens with zero attached hydrogens (tertiary/aromatic N) is 3. The van der Waals surface area contributed by atoms with Crippen molar-refractivity contribution in [3.63, 3.8) is 0 Å². The Bertz CT molecular complexity index is 937. The maximum atomic E-state index is 13.6. The van der Waals surface area contributed by atoms with Crippen molar-refractivity contribution in [2.45, 2.75) is 38.3 Å². The summed E-state index contributed by atoms with van der Waals surface area (Å²) in [5, 5.41) is 1.09. The quantitative estimate of drug-likeness (QED) is 0.800. The number of aromatic nitrogens is 1. The normalized spacial score (nSPS) is 26.7. The minimum absolute atomic E-state index is 0.114. The Balaban J connectivity index is 1.42. The van der Waals surface area contributed by atoms with Gasteiger partial charge in [0.25, 0.3) is 5.91 Å². The fourth-order valence-electron chi connectivity index (χ4n) is 5.75. The van der Waals surface area contributed by atoms with Gasteiger partial charge in [0, 0.05) is 56.7 Å². The molecule has 0 N–H and O–H groups in total. The first-order valence-electron chi connectivity index (χ1n) is 10.8. The number of likely N-dealkylation sites (tertiary alicyclic amines) is 1. The van der Waals surface area contributed by atoms with Crippen LogP contribution in [-0.4, -0.2) is 65.6 Å². The predicted octanol–water partition coefficient (Wildman–Crippen LogP) is 2.76. The van der Waals surface area contributed by atoms with Gasteiger partial charge in [0.15, 0.2) is 0 Å². The Hall–Kier alpha value is -2.34. The molecule has 2 bridgehead atoms. The Labute approximate surface area is 171 Å². The molecule has 0 unspecified atom stereocenters. The molecule has 3 aliphatic rings. The Morgan fingerprint density at radius 2 is 2.07 bits per heavy atom. The molecule has 3 fully saturated rings. The Morgan fingerprint density at radius 3 is 2.93 bits per heavy atom. The van der Waals surface area contributed by atoms with E-state index < -0.39 is 0 Å². The van der Waals surface area contributed by atoms with Crippen LogP contribution in [0.25, 0.3) is 10.9 Å². The predicted molar refractivity (Wildman–Crippen MR) is 111 cm³/mol. The Morgan fingerprint density at radius 1 is 1.21 bits per heavy atom. The fraction of sp³-hybridized carbons (Fsp3) is 0.565. The third kappa shape index (κ3) is 3.23. The molecule has 6 nitrogen and oxygen atoms in total. The average molecular weight is 396 g/mol. The number of rotatable bonds is 4. The summed E-state index contributed by atoms with van der Waals surface area (Å²) in [5.41, 5.74) is 1.83. The van der Waals surface area contributed by atoms with E-state index in [1.807, 2.05) is 23.1 Å². The van der Waals surface area contributed by atoms with Crippen LogP contribution in [0, 0.1) is 11.8 Å². The minimum atomic E-state index is 0.114. The summed E-state index contributed by atoms with van der Waals surface area (Å²) in [5.74, 6) is 1.23. The zero-order valence-corrected chi connectivity index (χ0v) is 17.0. The van der Waals surface area contributed by atoms with Gasteiger partial charge >= 0.3 is 0 Å². The second kappa shape index (κ2) is 7.48. The molecule has 154 valence electrons. The van der Waals surface area contributed by atoms with Crippen LogP contribution in [0.15, 0.2) is 30.3 Å². The van der Waals surface area contributed by atoms with Crippen LogP contribution in [0.5, 0.6) is 0 Å². The second-order valence-electron chi connectivity index (χ2n) is 8.81. The van der Waals surface area contributed by atoms with Gasteiger partial charge < -0.3 is 19.1 Å². The summed E-state index contributed by atoms with van der Waals surface area (Å²) in [6, 6.07) is 10.5. The first-order chi connectivity index (χ1) is 14.2. The van der Waals surface area contributed by atoms with Crippen LogP contribution in [0.1, 0.15) is 36.2 Å². The van der Waals surface area contributed by atoms with E-state index in [0.717, 1.165) is 55.5 Å². The van der Waals surface area contributed by atoms with Gasteiger partial charge in [-0.25, -0.2) is 0 Å². The van der Waals surface area contributed by atoms with Gasteiger partial charge in [-0.15, -0.1) is 0 Å². The maximum Gasteiger partial charge on any atom is 0.270 e. The summed E-state index contributed by atoms with van der Waals surface area (Å²) in [6.07, 6.45) is 3.91. The number of carbonyl (C=O) groups excluding carboxylic acids is 2. The molecule has 0 saturated carbocycles. The van der Waals surface area contributed by atoms with E-state index in [1.165, 1.54) is 0 Å². The number of piperidine rings is 3. The number of benzene rings is 1. The molecule has 2 amide bonds. The van der Waals surface area contributed by atoms with Crippen LogP contribution >= 0.6 is 0 Å².